The van der Waals surface area contributed by atoms with Crippen LogP contribution in [0.1, 0.15) is 18.5 Å². The van der Waals surface area contributed by atoms with E-state index in [1.807, 2.05) is 6.92 Å². The zero-order valence-corrected chi connectivity index (χ0v) is 12.7. The zero-order chi connectivity index (χ0) is 15.4. The number of rotatable bonds is 3. The Bertz CT molecular complexity index is 647. The summed E-state index contributed by atoms with van der Waals surface area (Å²) < 4.78 is 25.9. The van der Waals surface area contributed by atoms with Crippen LogP contribution in [-0.4, -0.2) is 5.11 Å². The Morgan fingerprint density at radius 2 is 1.81 bits per heavy atom. The second kappa shape index (κ2) is 6.83. The highest BCUT2D eigenvalue weighted by atomic mass is 35.5. The lowest BCUT2D eigenvalue weighted by Gasteiger charge is -2.17. The third-order valence-corrected chi connectivity index (χ3v) is 3.40. The number of hydrogen-bond donors (Lipinski definition) is 2. The average molecular weight is 327 g/mol. The van der Waals surface area contributed by atoms with Crippen LogP contribution in [0.15, 0.2) is 42.5 Å². The number of anilines is 1. The Morgan fingerprint density at radius 3 is 2.43 bits per heavy atom. The Hall–Kier alpha value is -1.72. The fourth-order valence-electron chi connectivity index (χ4n) is 1.77. The summed E-state index contributed by atoms with van der Waals surface area (Å²) in [7, 11) is 0. The van der Waals surface area contributed by atoms with Crippen LogP contribution in [0.2, 0.25) is 5.02 Å². The summed E-state index contributed by atoms with van der Waals surface area (Å²) >= 11 is 10.9. The third kappa shape index (κ3) is 4.37. The lowest BCUT2D eigenvalue weighted by Crippen LogP contribution is -2.30. The van der Waals surface area contributed by atoms with Gasteiger partial charge in [-0.3, -0.25) is 0 Å². The minimum Gasteiger partial charge on any atom is -0.356 e. The van der Waals surface area contributed by atoms with Gasteiger partial charge in [-0.25, -0.2) is 8.78 Å². The molecule has 0 aliphatic carbocycles. The lowest BCUT2D eigenvalue weighted by molar-refractivity contribution is 0.624. The molecule has 0 heterocycles. The summed E-state index contributed by atoms with van der Waals surface area (Å²) in [6, 6.07) is 10.3. The third-order valence-electron chi connectivity index (χ3n) is 2.90. The van der Waals surface area contributed by atoms with Crippen molar-refractivity contribution in [2.75, 3.05) is 5.32 Å². The molecule has 2 N–H and O–H groups in total. The molecule has 0 aliphatic rings. The number of nitrogens with one attached hydrogen (secondary N) is 2. The molecule has 0 saturated carbocycles. The molecule has 0 bridgehead atoms. The van der Waals surface area contributed by atoms with Gasteiger partial charge in [0.1, 0.15) is 11.6 Å². The molecule has 1 atom stereocenters. The number of halogens is 3. The lowest BCUT2D eigenvalue weighted by atomic mass is 10.1. The predicted octanol–water partition coefficient (Wildman–Crippen LogP) is 4.67. The van der Waals surface area contributed by atoms with E-state index < -0.39 is 5.82 Å². The Kier molecular flexibility index (Phi) is 5.09. The monoisotopic (exact) mass is 326 g/mol. The molecule has 2 aromatic carbocycles. The fourth-order valence-corrected chi connectivity index (χ4v) is 2.25. The highest BCUT2D eigenvalue weighted by Gasteiger charge is 2.08. The van der Waals surface area contributed by atoms with Gasteiger partial charge in [-0.15, -0.1) is 0 Å². The summed E-state index contributed by atoms with van der Waals surface area (Å²) in [5.74, 6) is -0.770. The van der Waals surface area contributed by atoms with Gasteiger partial charge in [0.2, 0.25) is 0 Å². The number of hydrogen-bond acceptors (Lipinski definition) is 1. The van der Waals surface area contributed by atoms with Crippen LogP contribution in [0.25, 0.3) is 0 Å². The Labute approximate surface area is 132 Å². The molecule has 0 unspecified atom stereocenters. The van der Waals surface area contributed by atoms with Crippen LogP contribution < -0.4 is 10.6 Å². The van der Waals surface area contributed by atoms with Crippen molar-refractivity contribution in [3.05, 3.63) is 64.7 Å². The van der Waals surface area contributed by atoms with Crippen molar-refractivity contribution >= 4 is 34.6 Å². The smallest absolute Gasteiger partial charge is 0.171 e. The van der Waals surface area contributed by atoms with E-state index in [2.05, 4.69) is 10.6 Å². The molecule has 0 amide bonds. The molecule has 0 aromatic heterocycles. The van der Waals surface area contributed by atoms with Crippen LogP contribution in [0.5, 0.6) is 0 Å². The summed E-state index contributed by atoms with van der Waals surface area (Å²) in [5, 5.41) is 6.37. The van der Waals surface area contributed by atoms with E-state index in [4.69, 9.17) is 23.8 Å². The van der Waals surface area contributed by atoms with E-state index in [0.717, 1.165) is 5.56 Å². The maximum absolute atomic E-state index is 13.1. The number of benzene rings is 2. The molecule has 6 heteroatoms. The van der Waals surface area contributed by atoms with Crippen molar-refractivity contribution in [2.24, 2.45) is 0 Å². The standard InChI is InChI=1S/C15H13ClF2N2S/c1-9(10-2-4-11(17)5-3-10)19-15(21)20-12-6-7-14(18)13(16)8-12/h2-9H,1H3,(H2,19,20,21)/t9-/m1/s1. The topological polar surface area (TPSA) is 24.1 Å². The van der Waals surface area contributed by atoms with E-state index in [9.17, 15) is 8.78 Å². The summed E-state index contributed by atoms with van der Waals surface area (Å²) in [6.07, 6.45) is 0. The van der Waals surface area contributed by atoms with Gasteiger partial charge in [-0.1, -0.05) is 23.7 Å². The van der Waals surface area contributed by atoms with Crippen LogP contribution in [0.3, 0.4) is 0 Å². The van der Waals surface area contributed by atoms with Crippen LogP contribution in [-0.2, 0) is 0 Å². The molecule has 2 rings (SSSR count). The van der Waals surface area contributed by atoms with Gasteiger partial charge in [-0.2, -0.15) is 0 Å². The van der Waals surface area contributed by atoms with Crippen molar-refractivity contribution in [2.45, 2.75) is 13.0 Å². The first-order chi connectivity index (χ1) is 9.95. The molecule has 110 valence electrons. The quantitative estimate of drug-likeness (QED) is 0.802. The molecular weight excluding hydrogens is 314 g/mol. The van der Waals surface area contributed by atoms with Crippen molar-refractivity contribution in [3.8, 4) is 0 Å². The van der Waals surface area contributed by atoms with Crippen LogP contribution >= 0.6 is 23.8 Å². The molecule has 0 aliphatic heterocycles. The summed E-state index contributed by atoms with van der Waals surface area (Å²) in [5.41, 5.74) is 1.49. The second-order valence-corrected chi connectivity index (χ2v) is 5.32. The van der Waals surface area contributed by atoms with E-state index in [1.54, 1.807) is 12.1 Å². The Morgan fingerprint density at radius 1 is 1.14 bits per heavy atom. The summed E-state index contributed by atoms with van der Waals surface area (Å²) in [4.78, 5) is 0. The molecule has 2 aromatic rings. The van der Waals surface area contributed by atoms with Crippen LogP contribution in [0, 0.1) is 11.6 Å². The number of thiocarbonyl (C=S) groups is 1. The van der Waals surface area contributed by atoms with Crippen LogP contribution in [0.4, 0.5) is 14.5 Å². The first-order valence-corrected chi connectivity index (χ1v) is 7.02. The first kappa shape index (κ1) is 15.7. The highest BCUT2D eigenvalue weighted by Crippen LogP contribution is 2.19. The second-order valence-electron chi connectivity index (χ2n) is 4.50. The maximum atomic E-state index is 13.1. The van der Waals surface area contributed by atoms with Crippen molar-refractivity contribution in [3.63, 3.8) is 0 Å². The molecule has 0 radical (unpaired) electrons. The van der Waals surface area contributed by atoms with Crippen molar-refractivity contribution < 1.29 is 8.78 Å². The minimum atomic E-state index is -0.485. The molecule has 21 heavy (non-hydrogen) atoms. The Balaban J connectivity index is 1.97. The van der Waals surface area contributed by atoms with E-state index in [0.29, 0.717) is 10.8 Å². The molecule has 2 nitrogen and oxygen atoms in total. The molecular formula is C15H13ClF2N2S. The maximum Gasteiger partial charge on any atom is 0.171 e. The average Bonchev–Trinajstić information content (AvgIpc) is 2.43. The van der Waals surface area contributed by atoms with Gasteiger partial charge in [-0.05, 0) is 55.0 Å². The zero-order valence-electron chi connectivity index (χ0n) is 11.2. The van der Waals surface area contributed by atoms with E-state index >= 15 is 0 Å². The molecule has 0 spiro atoms. The van der Waals surface area contributed by atoms with Crippen molar-refractivity contribution in [1.29, 1.82) is 0 Å². The largest absolute Gasteiger partial charge is 0.356 e. The fraction of sp³-hybridized carbons (Fsp3) is 0.133. The van der Waals surface area contributed by atoms with Gasteiger partial charge < -0.3 is 10.6 Å². The van der Waals surface area contributed by atoms with Gasteiger partial charge in [0.15, 0.2) is 5.11 Å². The highest BCUT2D eigenvalue weighted by molar-refractivity contribution is 7.80. The minimum absolute atomic E-state index is 0.0226. The van der Waals surface area contributed by atoms with Gasteiger partial charge in [0.25, 0.3) is 0 Å². The van der Waals surface area contributed by atoms with Gasteiger partial charge in [0, 0.05) is 5.69 Å². The van der Waals surface area contributed by atoms with E-state index in [1.165, 1.54) is 30.3 Å². The van der Waals surface area contributed by atoms with Crippen molar-refractivity contribution in [1.82, 2.24) is 5.32 Å². The van der Waals surface area contributed by atoms with E-state index in [-0.39, 0.29) is 16.9 Å². The predicted molar refractivity (Wildman–Crippen MR) is 85.6 cm³/mol. The molecule has 0 fully saturated rings. The SMILES string of the molecule is C[C@@H](NC(=S)Nc1ccc(F)c(Cl)c1)c1ccc(F)cc1. The summed E-state index contributed by atoms with van der Waals surface area (Å²) in [6.45, 7) is 1.90. The van der Waals surface area contributed by atoms with Gasteiger partial charge in [0.05, 0.1) is 11.1 Å². The molecule has 0 saturated heterocycles. The first-order valence-electron chi connectivity index (χ1n) is 6.24. The van der Waals surface area contributed by atoms with Gasteiger partial charge >= 0.3 is 0 Å². The normalized spacial score (nSPS) is 11.8.